The van der Waals surface area contributed by atoms with Crippen LogP contribution in [0.1, 0.15) is 17.3 Å². The maximum absolute atomic E-state index is 13.8. The van der Waals surface area contributed by atoms with Crippen molar-refractivity contribution in [3.05, 3.63) is 66.1 Å². The molecule has 0 bridgehead atoms. The highest BCUT2D eigenvalue weighted by Crippen LogP contribution is 2.31. The number of piperazine rings is 1. The lowest BCUT2D eigenvalue weighted by Gasteiger charge is -2.36. The number of ether oxygens (including phenoxy) is 1. The summed E-state index contributed by atoms with van der Waals surface area (Å²) in [4.78, 5) is 33.5. The molecule has 0 spiro atoms. The molecular formula is C24H25FN4O3. The first-order valence-electron chi connectivity index (χ1n) is 10.6. The third-order valence-electron chi connectivity index (χ3n) is 5.45. The summed E-state index contributed by atoms with van der Waals surface area (Å²) in [5.74, 6) is -1.11. The Morgan fingerprint density at radius 2 is 1.78 bits per heavy atom. The van der Waals surface area contributed by atoms with Crippen molar-refractivity contribution >= 4 is 34.2 Å². The number of hydrogen-bond donors (Lipinski definition) is 1. The van der Waals surface area contributed by atoms with Crippen molar-refractivity contribution in [1.29, 1.82) is 0 Å². The standard InChI is InChI=1S/C24H25FN4O3/c1-2-32-24(31)18-15-26-20-9-5-3-7-17(20)23(18)29-13-11-28(12-14-29)16-22(30)27-21-10-6-4-8-19(21)25/h3-10,15H,2,11-14,16H2,1H3,(H,27,30). The first kappa shape index (κ1) is 21.7. The van der Waals surface area contributed by atoms with Crippen LogP contribution in [0, 0.1) is 5.82 Å². The number of rotatable bonds is 6. The maximum atomic E-state index is 13.8. The van der Waals surface area contributed by atoms with Crippen LogP contribution in [0.25, 0.3) is 10.9 Å². The molecule has 7 nitrogen and oxygen atoms in total. The number of halogens is 1. The summed E-state index contributed by atoms with van der Waals surface area (Å²) < 4.78 is 19.0. The summed E-state index contributed by atoms with van der Waals surface area (Å²) >= 11 is 0. The Morgan fingerprint density at radius 1 is 1.06 bits per heavy atom. The molecule has 0 radical (unpaired) electrons. The first-order chi connectivity index (χ1) is 15.6. The highest BCUT2D eigenvalue weighted by Gasteiger charge is 2.25. The van der Waals surface area contributed by atoms with E-state index in [0.717, 1.165) is 16.6 Å². The number of anilines is 2. The van der Waals surface area contributed by atoms with E-state index < -0.39 is 11.8 Å². The van der Waals surface area contributed by atoms with Gasteiger partial charge in [0.05, 0.1) is 30.0 Å². The van der Waals surface area contributed by atoms with Gasteiger partial charge in [0, 0.05) is 37.8 Å². The van der Waals surface area contributed by atoms with Crippen molar-refractivity contribution in [2.75, 3.05) is 49.5 Å². The molecular weight excluding hydrogens is 411 g/mol. The smallest absolute Gasteiger partial charge is 0.341 e. The van der Waals surface area contributed by atoms with Crippen LogP contribution in [0.2, 0.25) is 0 Å². The predicted octanol–water partition coefficient (Wildman–Crippen LogP) is 3.31. The van der Waals surface area contributed by atoms with E-state index in [1.165, 1.54) is 12.1 Å². The minimum Gasteiger partial charge on any atom is -0.462 e. The number of amides is 1. The van der Waals surface area contributed by atoms with Gasteiger partial charge in [-0.15, -0.1) is 0 Å². The molecule has 4 rings (SSSR count). The summed E-state index contributed by atoms with van der Waals surface area (Å²) in [6, 6.07) is 13.8. The molecule has 3 aromatic rings. The number of carbonyl (C=O) groups is 2. The van der Waals surface area contributed by atoms with Crippen molar-refractivity contribution in [3.63, 3.8) is 0 Å². The molecule has 0 saturated carbocycles. The van der Waals surface area contributed by atoms with E-state index in [0.29, 0.717) is 31.7 Å². The number of nitrogens with zero attached hydrogens (tertiary/aromatic N) is 3. The fourth-order valence-electron chi connectivity index (χ4n) is 3.91. The number of esters is 1. The van der Waals surface area contributed by atoms with Crippen LogP contribution in [0.4, 0.5) is 15.8 Å². The summed E-state index contributed by atoms with van der Waals surface area (Å²) in [6.45, 7) is 4.76. The van der Waals surface area contributed by atoms with E-state index >= 15 is 0 Å². The highest BCUT2D eigenvalue weighted by molar-refractivity contribution is 6.05. The highest BCUT2D eigenvalue weighted by atomic mass is 19.1. The molecule has 1 saturated heterocycles. The molecule has 166 valence electrons. The number of aromatic nitrogens is 1. The number of fused-ring (bicyclic) bond motifs is 1. The molecule has 1 amide bonds. The van der Waals surface area contributed by atoms with Gasteiger partial charge in [0.15, 0.2) is 0 Å². The minimum absolute atomic E-state index is 0.171. The van der Waals surface area contributed by atoms with Gasteiger partial charge in [-0.05, 0) is 25.1 Å². The fraction of sp³-hybridized carbons (Fsp3) is 0.292. The first-order valence-corrected chi connectivity index (χ1v) is 10.6. The van der Waals surface area contributed by atoms with Crippen molar-refractivity contribution in [2.24, 2.45) is 0 Å². The third-order valence-corrected chi connectivity index (χ3v) is 5.45. The van der Waals surface area contributed by atoms with Crippen LogP contribution >= 0.6 is 0 Å². The van der Waals surface area contributed by atoms with E-state index in [9.17, 15) is 14.0 Å². The van der Waals surface area contributed by atoms with Crippen LogP contribution in [0.5, 0.6) is 0 Å². The summed E-state index contributed by atoms with van der Waals surface area (Å²) in [6.07, 6.45) is 1.57. The van der Waals surface area contributed by atoms with Gasteiger partial charge >= 0.3 is 5.97 Å². The molecule has 0 aliphatic carbocycles. The Hall–Kier alpha value is -3.52. The topological polar surface area (TPSA) is 74.8 Å². The van der Waals surface area contributed by atoms with E-state index in [1.54, 1.807) is 25.3 Å². The molecule has 8 heteroatoms. The third kappa shape index (κ3) is 4.70. The van der Waals surface area contributed by atoms with Gasteiger partial charge in [-0.25, -0.2) is 9.18 Å². The molecule has 32 heavy (non-hydrogen) atoms. The van der Waals surface area contributed by atoms with Crippen LogP contribution in [0.3, 0.4) is 0 Å². The van der Waals surface area contributed by atoms with E-state index in [-0.39, 0.29) is 24.7 Å². The molecule has 0 atom stereocenters. The van der Waals surface area contributed by atoms with Gasteiger partial charge in [0.2, 0.25) is 5.91 Å². The lowest BCUT2D eigenvalue weighted by atomic mass is 10.1. The fourth-order valence-corrected chi connectivity index (χ4v) is 3.91. The van der Waals surface area contributed by atoms with Crippen LogP contribution in [-0.4, -0.2) is 61.1 Å². The normalized spacial score (nSPS) is 14.4. The van der Waals surface area contributed by atoms with Crippen LogP contribution in [0.15, 0.2) is 54.7 Å². The predicted molar refractivity (Wildman–Crippen MR) is 121 cm³/mol. The Kier molecular flexibility index (Phi) is 6.61. The zero-order valence-electron chi connectivity index (χ0n) is 17.9. The molecule has 1 aliphatic rings. The molecule has 1 N–H and O–H groups in total. The number of carbonyl (C=O) groups excluding carboxylic acids is 2. The molecule has 1 aliphatic heterocycles. The van der Waals surface area contributed by atoms with Crippen molar-refractivity contribution in [1.82, 2.24) is 9.88 Å². The van der Waals surface area contributed by atoms with Gasteiger partial charge in [-0.2, -0.15) is 0 Å². The second-order valence-electron chi connectivity index (χ2n) is 7.55. The van der Waals surface area contributed by atoms with Crippen molar-refractivity contribution in [3.8, 4) is 0 Å². The number of hydrogen-bond acceptors (Lipinski definition) is 6. The molecule has 1 aromatic heterocycles. The van der Waals surface area contributed by atoms with Gasteiger partial charge in [0.25, 0.3) is 0 Å². The lowest BCUT2D eigenvalue weighted by Crippen LogP contribution is -2.49. The molecule has 1 fully saturated rings. The van der Waals surface area contributed by atoms with Crippen molar-refractivity contribution < 1.29 is 18.7 Å². The number of benzene rings is 2. The van der Waals surface area contributed by atoms with E-state index in [4.69, 9.17) is 4.74 Å². The van der Waals surface area contributed by atoms with Gasteiger partial charge in [0.1, 0.15) is 11.4 Å². The number of para-hydroxylation sites is 2. The van der Waals surface area contributed by atoms with Gasteiger partial charge < -0.3 is 15.0 Å². The molecule has 2 heterocycles. The van der Waals surface area contributed by atoms with Crippen LogP contribution < -0.4 is 10.2 Å². The summed E-state index contributed by atoms with van der Waals surface area (Å²) in [5.41, 5.74) is 2.24. The second-order valence-corrected chi connectivity index (χ2v) is 7.55. The van der Waals surface area contributed by atoms with Crippen LogP contribution in [-0.2, 0) is 9.53 Å². The Balaban J connectivity index is 1.47. The van der Waals surface area contributed by atoms with E-state index in [2.05, 4.69) is 15.2 Å². The lowest BCUT2D eigenvalue weighted by molar-refractivity contribution is -0.117. The maximum Gasteiger partial charge on any atom is 0.341 e. The Labute approximate surface area is 185 Å². The summed E-state index contributed by atoms with van der Waals surface area (Å²) in [7, 11) is 0. The average Bonchev–Trinajstić information content (AvgIpc) is 2.80. The SMILES string of the molecule is CCOC(=O)c1cnc2ccccc2c1N1CCN(CC(=O)Nc2ccccc2F)CC1. The monoisotopic (exact) mass is 436 g/mol. The quantitative estimate of drug-likeness (QED) is 0.598. The van der Waals surface area contributed by atoms with E-state index in [1.807, 2.05) is 29.2 Å². The zero-order valence-corrected chi connectivity index (χ0v) is 17.9. The zero-order chi connectivity index (χ0) is 22.5. The van der Waals surface area contributed by atoms with Gasteiger partial charge in [-0.3, -0.25) is 14.7 Å². The molecule has 2 aromatic carbocycles. The Morgan fingerprint density at radius 3 is 2.53 bits per heavy atom. The largest absolute Gasteiger partial charge is 0.462 e. The van der Waals surface area contributed by atoms with Crippen molar-refractivity contribution in [2.45, 2.75) is 6.92 Å². The second kappa shape index (κ2) is 9.74. The Bertz CT molecular complexity index is 1130. The average molecular weight is 436 g/mol. The molecule has 0 unspecified atom stereocenters. The number of nitrogens with one attached hydrogen (secondary N) is 1. The minimum atomic E-state index is -0.457. The number of pyridine rings is 1. The summed E-state index contributed by atoms with van der Waals surface area (Å²) in [5, 5.41) is 3.52. The van der Waals surface area contributed by atoms with Gasteiger partial charge in [-0.1, -0.05) is 30.3 Å².